The zero-order valence-corrected chi connectivity index (χ0v) is 12.5. The Morgan fingerprint density at radius 1 is 1.44 bits per heavy atom. The molecule has 1 aromatic rings. The SMILES string of the molecule is Cc1ccc(C)c(CC(N)C2CSCCN2C)c1. The Bertz CT molecular complexity index is 405. The van der Waals surface area contributed by atoms with Gasteiger partial charge in [-0.1, -0.05) is 23.8 Å². The van der Waals surface area contributed by atoms with Crippen LogP contribution in [0.4, 0.5) is 0 Å². The second-order valence-corrected chi connectivity index (χ2v) is 6.57. The third-order valence-electron chi connectivity index (χ3n) is 3.90. The van der Waals surface area contributed by atoms with Crippen molar-refractivity contribution in [2.75, 3.05) is 25.1 Å². The number of hydrogen-bond acceptors (Lipinski definition) is 3. The van der Waals surface area contributed by atoms with Gasteiger partial charge in [0.25, 0.3) is 0 Å². The quantitative estimate of drug-likeness (QED) is 0.908. The number of hydrogen-bond donors (Lipinski definition) is 1. The van der Waals surface area contributed by atoms with Gasteiger partial charge >= 0.3 is 0 Å². The fraction of sp³-hybridized carbons (Fsp3) is 0.600. The summed E-state index contributed by atoms with van der Waals surface area (Å²) in [6.07, 6.45) is 0.989. The topological polar surface area (TPSA) is 29.3 Å². The van der Waals surface area contributed by atoms with Crippen LogP contribution in [0.5, 0.6) is 0 Å². The second kappa shape index (κ2) is 6.09. The zero-order valence-electron chi connectivity index (χ0n) is 11.6. The van der Waals surface area contributed by atoms with Gasteiger partial charge in [-0.2, -0.15) is 11.8 Å². The predicted octanol–water partition coefficient (Wildman–Crippen LogP) is 2.22. The third-order valence-corrected chi connectivity index (χ3v) is 4.95. The molecule has 0 amide bonds. The van der Waals surface area contributed by atoms with Gasteiger partial charge in [0.05, 0.1) is 0 Å². The Labute approximate surface area is 115 Å². The molecule has 0 saturated carbocycles. The monoisotopic (exact) mass is 264 g/mol. The van der Waals surface area contributed by atoms with Crippen LogP contribution in [0.15, 0.2) is 18.2 Å². The summed E-state index contributed by atoms with van der Waals surface area (Å²) in [4.78, 5) is 2.42. The van der Waals surface area contributed by atoms with Crippen molar-refractivity contribution in [1.82, 2.24) is 4.90 Å². The molecule has 2 unspecified atom stereocenters. The van der Waals surface area contributed by atoms with Crippen LogP contribution in [0.1, 0.15) is 16.7 Å². The molecule has 1 aromatic carbocycles. The van der Waals surface area contributed by atoms with Crippen LogP contribution in [-0.4, -0.2) is 42.1 Å². The highest BCUT2D eigenvalue weighted by atomic mass is 32.2. The lowest BCUT2D eigenvalue weighted by Gasteiger charge is -2.36. The number of nitrogens with two attached hydrogens (primary N) is 1. The molecule has 18 heavy (non-hydrogen) atoms. The maximum Gasteiger partial charge on any atom is 0.0338 e. The van der Waals surface area contributed by atoms with E-state index < -0.39 is 0 Å². The molecular weight excluding hydrogens is 240 g/mol. The first-order valence-electron chi connectivity index (χ1n) is 6.67. The third kappa shape index (κ3) is 3.28. The summed E-state index contributed by atoms with van der Waals surface area (Å²) in [5, 5.41) is 0. The van der Waals surface area contributed by atoms with Gasteiger partial charge in [-0.05, 0) is 38.4 Å². The Morgan fingerprint density at radius 2 is 2.22 bits per heavy atom. The molecule has 2 atom stereocenters. The van der Waals surface area contributed by atoms with E-state index in [0.29, 0.717) is 6.04 Å². The van der Waals surface area contributed by atoms with E-state index in [2.05, 4.69) is 44.0 Å². The van der Waals surface area contributed by atoms with E-state index in [4.69, 9.17) is 5.73 Å². The minimum absolute atomic E-state index is 0.239. The van der Waals surface area contributed by atoms with Crippen molar-refractivity contribution in [3.63, 3.8) is 0 Å². The largest absolute Gasteiger partial charge is 0.326 e. The summed E-state index contributed by atoms with van der Waals surface area (Å²) in [5.41, 5.74) is 10.5. The predicted molar refractivity (Wildman–Crippen MR) is 81.3 cm³/mol. The lowest BCUT2D eigenvalue weighted by Crippen LogP contribution is -2.51. The zero-order chi connectivity index (χ0) is 13.1. The van der Waals surface area contributed by atoms with Crippen LogP contribution >= 0.6 is 11.8 Å². The Balaban J connectivity index is 2.05. The first-order valence-corrected chi connectivity index (χ1v) is 7.83. The van der Waals surface area contributed by atoms with E-state index in [1.165, 1.54) is 28.2 Å². The fourth-order valence-corrected chi connectivity index (χ4v) is 3.89. The first-order chi connectivity index (χ1) is 8.58. The van der Waals surface area contributed by atoms with Crippen LogP contribution in [0, 0.1) is 13.8 Å². The number of thioether (sulfide) groups is 1. The molecule has 0 bridgehead atoms. The second-order valence-electron chi connectivity index (χ2n) is 5.42. The molecule has 0 radical (unpaired) electrons. The molecule has 0 aromatic heterocycles. The van der Waals surface area contributed by atoms with E-state index in [0.717, 1.165) is 13.0 Å². The standard InChI is InChI=1S/C15H24N2S/c1-11-4-5-12(2)13(8-11)9-14(16)15-10-18-7-6-17(15)3/h4-5,8,14-15H,6-7,9-10,16H2,1-3H3. The number of benzene rings is 1. The van der Waals surface area contributed by atoms with Crippen molar-refractivity contribution in [3.05, 3.63) is 34.9 Å². The van der Waals surface area contributed by atoms with E-state index in [1.54, 1.807) is 0 Å². The Kier molecular flexibility index (Phi) is 4.71. The molecule has 1 aliphatic rings. The van der Waals surface area contributed by atoms with Crippen LogP contribution < -0.4 is 5.73 Å². The fourth-order valence-electron chi connectivity index (χ4n) is 2.57. The lowest BCUT2D eigenvalue weighted by atomic mass is 9.95. The van der Waals surface area contributed by atoms with Gasteiger partial charge in [0, 0.05) is 30.1 Å². The molecule has 1 fully saturated rings. The first kappa shape index (κ1) is 13.9. The maximum absolute atomic E-state index is 6.43. The van der Waals surface area contributed by atoms with E-state index >= 15 is 0 Å². The van der Waals surface area contributed by atoms with Gasteiger partial charge in [-0.15, -0.1) is 0 Å². The Morgan fingerprint density at radius 3 is 2.94 bits per heavy atom. The normalized spacial score (nSPS) is 23.0. The molecule has 2 rings (SSSR count). The average Bonchev–Trinajstić information content (AvgIpc) is 2.34. The lowest BCUT2D eigenvalue weighted by molar-refractivity contribution is 0.235. The molecule has 0 aliphatic carbocycles. The molecule has 2 N–H and O–H groups in total. The highest BCUT2D eigenvalue weighted by Crippen LogP contribution is 2.20. The molecule has 2 nitrogen and oxygen atoms in total. The van der Waals surface area contributed by atoms with Crippen molar-refractivity contribution >= 4 is 11.8 Å². The van der Waals surface area contributed by atoms with Crippen LogP contribution in [0.25, 0.3) is 0 Å². The number of nitrogens with zero attached hydrogens (tertiary/aromatic N) is 1. The summed E-state index contributed by atoms with van der Waals surface area (Å²) in [6.45, 7) is 5.49. The smallest absolute Gasteiger partial charge is 0.0338 e. The molecule has 3 heteroatoms. The summed E-state index contributed by atoms with van der Waals surface area (Å²) in [5.74, 6) is 2.41. The molecule has 1 heterocycles. The molecular formula is C15H24N2S. The maximum atomic E-state index is 6.43. The average molecular weight is 264 g/mol. The van der Waals surface area contributed by atoms with Gasteiger partial charge in [0.1, 0.15) is 0 Å². The molecule has 1 saturated heterocycles. The summed E-state index contributed by atoms with van der Waals surface area (Å²) >= 11 is 2.03. The van der Waals surface area contributed by atoms with Gasteiger partial charge in [-0.25, -0.2) is 0 Å². The van der Waals surface area contributed by atoms with Crippen molar-refractivity contribution in [1.29, 1.82) is 0 Å². The van der Waals surface area contributed by atoms with E-state index in [9.17, 15) is 0 Å². The highest BCUT2D eigenvalue weighted by Gasteiger charge is 2.25. The number of likely N-dealkylation sites (N-methyl/N-ethyl adjacent to an activating group) is 1. The van der Waals surface area contributed by atoms with Gasteiger partial charge in [0.15, 0.2) is 0 Å². The molecule has 100 valence electrons. The summed E-state index contributed by atoms with van der Waals surface area (Å²) < 4.78 is 0. The van der Waals surface area contributed by atoms with Crippen molar-refractivity contribution in [2.45, 2.75) is 32.4 Å². The number of rotatable bonds is 3. The van der Waals surface area contributed by atoms with Crippen molar-refractivity contribution < 1.29 is 0 Å². The van der Waals surface area contributed by atoms with Crippen LogP contribution in [0.2, 0.25) is 0 Å². The van der Waals surface area contributed by atoms with Crippen molar-refractivity contribution in [3.8, 4) is 0 Å². The van der Waals surface area contributed by atoms with Gasteiger partial charge < -0.3 is 10.6 Å². The number of aryl methyl sites for hydroxylation is 2. The van der Waals surface area contributed by atoms with E-state index in [1.807, 2.05) is 11.8 Å². The van der Waals surface area contributed by atoms with Crippen LogP contribution in [-0.2, 0) is 6.42 Å². The Hall–Kier alpha value is -0.510. The minimum Gasteiger partial charge on any atom is -0.326 e. The highest BCUT2D eigenvalue weighted by molar-refractivity contribution is 7.99. The van der Waals surface area contributed by atoms with Crippen LogP contribution in [0.3, 0.4) is 0 Å². The summed E-state index contributed by atoms with van der Waals surface area (Å²) in [6, 6.07) is 7.42. The van der Waals surface area contributed by atoms with Gasteiger partial charge in [-0.3, -0.25) is 0 Å². The molecule has 1 aliphatic heterocycles. The summed E-state index contributed by atoms with van der Waals surface area (Å²) in [7, 11) is 2.20. The van der Waals surface area contributed by atoms with Gasteiger partial charge in [0.2, 0.25) is 0 Å². The van der Waals surface area contributed by atoms with Crippen molar-refractivity contribution in [2.24, 2.45) is 5.73 Å². The molecule has 0 spiro atoms. The van der Waals surface area contributed by atoms with E-state index in [-0.39, 0.29) is 6.04 Å². The minimum atomic E-state index is 0.239.